The number of amides is 1. The van der Waals surface area contributed by atoms with Crippen LogP contribution in [0, 0.1) is 0 Å². The summed E-state index contributed by atoms with van der Waals surface area (Å²) < 4.78 is 3.10. The first-order valence-electron chi connectivity index (χ1n) is 8.34. The maximum Gasteiger partial charge on any atom is 0.237 e. The van der Waals surface area contributed by atoms with Gasteiger partial charge in [0.25, 0.3) is 0 Å². The van der Waals surface area contributed by atoms with Gasteiger partial charge in [0.15, 0.2) is 10.9 Å². The fourth-order valence-corrected chi connectivity index (χ4v) is 4.59. The van der Waals surface area contributed by atoms with Crippen LogP contribution in [0.25, 0.3) is 15.2 Å². The Hall–Kier alpha value is -2.71. The van der Waals surface area contributed by atoms with E-state index < -0.39 is 0 Å². The zero-order valence-electron chi connectivity index (χ0n) is 14.7. The highest BCUT2D eigenvalue weighted by molar-refractivity contribution is 8.00. The van der Waals surface area contributed by atoms with E-state index in [2.05, 4.69) is 15.5 Å². The number of thioether (sulfide) groups is 1. The van der Waals surface area contributed by atoms with Crippen molar-refractivity contribution in [3.8, 4) is 0 Å². The molecule has 0 aliphatic heterocycles. The van der Waals surface area contributed by atoms with E-state index in [9.17, 15) is 9.59 Å². The molecule has 0 bridgehead atoms. The summed E-state index contributed by atoms with van der Waals surface area (Å²) in [5.74, 6) is -0.194. The van der Waals surface area contributed by atoms with Crippen molar-refractivity contribution in [1.29, 1.82) is 0 Å². The van der Waals surface area contributed by atoms with Crippen molar-refractivity contribution in [1.82, 2.24) is 14.6 Å². The van der Waals surface area contributed by atoms with E-state index in [0.29, 0.717) is 16.4 Å². The predicted molar refractivity (Wildman–Crippen MR) is 109 cm³/mol. The lowest BCUT2D eigenvalue weighted by molar-refractivity contribution is -0.115. The fraction of sp³-hybridized carbons (Fsp3) is 0.158. The zero-order valence-corrected chi connectivity index (χ0v) is 16.3. The minimum absolute atomic E-state index is 0.0382. The molecule has 4 aromatic rings. The van der Waals surface area contributed by atoms with Gasteiger partial charge in [-0.2, -0.15) is 0 Å². The molecule has 0 radical (unpaired) electrons. The monoisotopic (exact) mass is 396 g/mol. The summed E-state index contributed by atoms with van der Waals surface area (Å²) in [5.41, 5.74) is 2.20. The second kappa shape index (κ2) is 7.13. The highest BCUT2D eigenvalue weighted by Crippen LogP contribution is 2.31. The van der Waals surface area contributed by atoms with Crippen LogP contribution in [-0.4, -0.2) is 31.5 Å². The van der Waals surface area contributed by atoms with Crippen LogP contribution in [0.2, 0.25) is 0 Å². The van der Waals surface area contributed by atoms with Crippen molar-refractivity contribution in [2.24, 2.45) is 0 Å². The van der Waals surface area contributed by atoms with E-state index in [1.807, 2.05) is 35.6 Å². The molecule has 4 rings (SSSR count). The van der Waals surface area contributed by atoms with Gasteiger partial charge in [-0.15, -0.1) is 10.2 Å². The van der Waals surface area contributed by atoms with Crippen LogP contribution in [0.15, 0.2) is 53.7 Å². The maximum atomic E-state index is 12.6. The maximum absolute atomic E-state index is 12.6. The number of rotatable bonds is 5. The first-order chi connectivity index (χ1) is 13.0. The number of para-hydroxylation sites is 1. The van der Waals surface area contributed by atoms with Crippen LogP contribution < -0.4 is 5.32 Å². The number of fused-ring (bicyclic) bond motifs is 3. The molecule has 6 nitrogen and oxygen atoms in total. The van der Waals surface area contributed by atoms with Gasteiger partial charge in [0.05, 0.1) is 15.5 Å². The van der Waals surface area contributed by atoms with Gasteiger partial charge in [-0.25, -0.2) is 0 Å². The molecule has 136 valence electrons. The molecular formula is C19H16N4O2S2. The van der Waals surface area contributed by atoms with Crippen LogP contribution in [0.1, 0.15) is 24.2 Å². The summed E-state index contributed by atoms with van der Waals surface area (Å²) in [4.78, 5) is 24.9. The Morgan fingerprint density at radius 3 is 2.78 bits per heavy atom. The quantitative estimate of drug-likeness (QED) is 0.403. The predicted octanol–water partition coefficient (Wildman–Crippen LogP) is 4.27. The molecule has 0 saturated carbocycles. The van der Waals surface area contributed by atoms with E-state index in [0.717, 1.165) is 15.2 Å². The molecule has 2 aromatic carbocycles. The number of hydrogen-bond acceptors (Lipinski definition) is 6. The number of thiazole rings is 1. The number of nitrogens with one attached hydrogen (secondary N) is 1. The number of aromatic nitrogens is 3. The van der Waals surface area contributed by atoms with Gasteiger partial charge in [-0.3, -0.25) is 14.0 Å². The smallest absolute Gasteiger partial charge is 0.237 e. The van der Waals surface area contributed by atoms with Crippen LogP contribution in [0.5, 0.6) is 0 Å². The number of nitrogens with zero attached hydrogens (tertiary/aromatic N) is 3. The van der Waals surface area contributed by atoms with Crippen molar-refractivity contribution in [2.45, 2.75) is 24.3 Å². The Morgan fingerprint density at radius 1 is 1.15 bits per heavy atom. The molecule has 27 heavy (non-hydrogen) atoms. The summed E-state index contributed by atoms with van der Waals surface area (Å²) in [5, 5.41) is 11.6. The second-order valence-corrected chi connectivity index (χ2v) is 8.37. The fourth-order valence-electron chi connectivity index (χ4n) is 2.70. The van der Waals surface area contributed by atoms with Gasteiger partial charge in [0.2, 0.25) is 10.9 Å². The minimum atomic E-state index is -0.378. The molecule has 1 N–H and O–H groups in total. The molecule has 1 atom stereocenters. The number of benzene rings is 2. The molecule has 0 saturated heterocycles. The zero-order chi connectivity index (χ0) is 19.0. The first-order valence-corrected chi connectivity index (χ1v) is 10.0. The van der Waals surface area contributed by atoms with Crippen LogP contribution in [0.4, 0.5) is 5.69 Å². The van der Waals surface area contributed by atoms with Crippen LogP contribution >= 0.6 is 23.1 Å². The lowest BCUT2D eigenvalue weighted by Crippen LogP contribution is -2.22. The molecule has 2 aromatic heterocycles. The Labute approximate surface area is 163 Å². The highest BCUT2D eigenvalue weighted by atomic mass is 32.2. The summed E-state index contributed by atoms with van der Waals surface area (Å²) in [6.45, 7) is 3.32. The number of Topliss-reactive ketones (excluding diaryl/α,β-unsaturated/α-hetero) is 1. The SMILES string of the molecule is CC(=O)c1cccc(NC(=O)[C@H](C)Sc2nnc3sc4ccccc4n23)c1. The van der Waals surface area contributed by atoms with Gasteiger partial charge >= 0.3 is 0 Å². The van der Waals surface area contributed by atoms with Gasteiger partial charge in [0.1, 0.15) is 0 Å². The van der Waals surface area contributed by atoms with E-state index in [4.69, 9.17) is 0 Å². The Bertz CT molecular complexity index is 1160. The molecule has 0 aliphatic rings. The second-order valence-electron chi connectivity index (χ2n) is 6.06. The highest BCUT2D eigenvalue weighted by Gasteiger charge is 2.20. The average molecular weight is 396 g/mol. The molecule has 1 amide bonds. The van der Waals surface area contributed by atoms with Crippen molar-refractivity contribution in [3.63, 3.8) is 0 Å². The third-order valence-corrected chi connectivity index (χ3v) is 6.15. The Balaban J connectivity index is 1.54. The first kappa shape index (κ1) is 17.7. The molecule has 2 heterocycles. The minimum Gasteiger partial charge on any atom is -0.325 e. The topological polar surface area (TPSA) is 76.4 Å². The third kappa shape index (κ3) is 3.45. The van der Waals surface area contributed by atoms with Crippen molar-refractivity contribution in [2.75, 3.05) is 5.32 Å². The summed E-state index contributed by atoms with van der Waals surface area (Å²) in [7, 11) is 0. The van der Waals surface area contributed by atoms with E-state index in [1.165, 1.54) is 18.7 Å². The van der Waals surface area contributed by atoms with Crippen molar-refractivity contribution in [3.05, 3.63) is 54.1 Å². The lowest BCUT2D eigenvalue weighted by Gasteiger charge is -2.11. The lowest BCUT2D eigenvalue weighted by atomic mass is 10.1. The van der Waals surface area contributed by atoms with Gasteiger partial charge in [0, 0.05) is 11.3 Å². The molecule has 0 fully saturated rings. The summed E-state index contributed by atoms with van der Waals surface area (Å²) >= 11 is 2.92. The number of hydrogen-bond donors (Lipinski definition) is 1. The third-order valence-electron chi connectivity index (χ3n) is 4.10. The van der Waals surface area contributed by atoms with Gasteiger partial charge in [-0.1, -0.05) is 47.4 Å². The molecule has 0 aliphatic carbocycles. The normalized spacial score (nSPS) is 12.4. The van der Waals surface area contributed by atoms with E-state index in [1.54, 1.807) is 35.6 Å². The molecule has 8 heteroatoms. The number of anilines is 1. The average Bonchev–Trinajstić information content (AvgIpc) is 3.21. The Morgan fingerprint density at radius 2 is 1.96 bits per heavy atom. The van der Waals surface area contributed by atoms with Crippen molar-refractivity contribution >= 4 is 55.7 Å². The van der Waals surface area contributed by atoms with E-state index >= 15 is 0 Å². The Kier molecular flexibility index (Phi) is 4.67. The molecule has 0 spiro atoms. The van der Waals surface area contributed by atoms with Crippen molar-refractivity contribution < 1.29 is 9.59 Å². The summed E-state index contributed by atoms with van der Waals surface area (Å²) in [6.07, 6.45) is 0. The van der Waals surface area contributed by atoms with E-state index in [-0.39, 0.29) is 16.9 Å². The largest absolute Gasteiger partial charge is 0.325 e. The molecule has 0 unspecified atom stereocenters. The van der Waals surface area contributed by atoms with Gasteiger partial charge in [-0.05, 0) is 38.1 Å². The standard InChI is InChI=1S/C19H16N4O2S2/c1-11(24)13-6-5-7-14(10-13)20-17(25)12(2)26-18-21-22-19-23(18)15-8-3-4-9-16(15)27-19/h3-10,12H,1-2H3,(H,20,25)/t12-/m0/s1. The summed E-state index contributed by atoms with van der Waals surface area (Å²) in [6, 6.07) is 15.0. The van der Waals surface area contributed by atoms with Crippen LogP contribution in [0.3, 0.4) is 0 Å². The van der Waals surface area contributed by atoms with Gasteiger partial charge < -0.3 is 5.32 Å². The number of carbonyl (C=O) groups is 2. The van der Waals surface area contributed by atoms with Crippen LogP contribution in [-0.2, 0) is 4.79 Å². The molecular weight excluding hydrogens is 380 g/mol. The number of carbonyl (C=O) groups excluding carboxylic acids is 2. The number of ketones is 1.